The molecule has 1 saturated heterocycles. The molecule has 0 radical (unpaired) electrons. The van der Waals surface area contributed by atoms with Crippen molar-refractivity contribution in [1.82, 2.24) is 10.2 Å². The summed E-state index contributed by atoms with van der Waals surface area (Å²) in [6.45, 7) is 2.57. The quantitative estimate of drug-likeness (QED) is 0.676. The van der Waals surface area contributed by atoms with Gasteiger partial charge in [-0.1, -0.05) is 23.2 Å². The third-order valence-electron chi connectivity index (χ3n) is 3.80. The minimum absolute atomic E-state index is 0.00597. The molecule has 0 bridgehead atoms. The number of hydrogen-bond acceptors (Lipinski definition) is 3. The molecule has 1 aliphatic rings. The molecule has 0 spiro atoms. The number of carbonyl (C=O) groups is 2. The van der Waals surface area contributed by atoms with Crippen LogP contribution in [-0.4, -0.2) is 43.0 Å². The number of amides is 2. The van der Waals surface area contributed by atoms with Gasteiger partial charge in [-0.05, 0) is 37.5 Å². The molecule has 1 heterocycles. The van der Waals surface area contributed by atoms with Gasteiger partial charge < -0.3 is 15.0 Å². The SMILES string of the molecule is O=C(CCCOc1ccc(Cl)cc1Cl)NCCCN1CCCC1=O. The molecule has 2 amide bonds. The maximum absolute atomic E-state index is 11.7. The number of likely N-dealkylation sites (tertiary alicyclic amines) is 1. The van der Waals surface area contributed by atoms with E-state index in [1.807, 2.05) is 4.90 Å². The summed E-state index contributed by atoms with van der Waals surface area (Å²) in [7, 11) is 0. The Bertz CT molecular complexity index is 581. The van der Waals surface area contributed by atoms with E-state index in [9.17, 15) is 9.59 Å². The second-order valence-corrected chi connectivity index (χ2v) is 6.56. The maximum atomic E-state index is 11.7. The molecule has 0 aromatic heterocycles. The van der Waals surface area contributed by atoms with Gasteiger partial charge in [0.05, 0.1) is 11.6 Å². The average molecular weight is 373 g/mol. The van der Waals surface area contributed by atoms with Gasteiger partial charge in [-0.25, -0.2) is 0 Å². The van der Waals surface area contributed by atoms with Crippen LogP contribution in [0.25, 0.3) is 0 Å². The van der Waals surface area contributed by atoms with Crippen LogP contribution in [0, 0.1) is 0 Å². The normalized spacial score (nSPS) is 14.1. The van der Waals surface area contributed by atoms with E-state index in [2.05, 4.69) is 5.32 Å². The van der Waals surface area contributed by atoms with Crippen LogP contribution in [0.15, 0.2) is 18.2 Å². The van der Waals surface area contributed by atoms with Crippen LogP contribution < -0.4 is 10.1 Å². The van der Waals surface area contributed by atoms with Crippen molar-refractivity contribution in [3.8, 4) is 5.75 Å². The van der Waals surface area contributed by atoms with Gasteiger partial charge in [0, 0.05) is 37.5 Å². The van der Waals surface area contributed by atoms with Gasteiger partial charge in [-0.3, -0.25) is 9.59 Å². The molecule has 1 fully saturated rings. The van der Waals surface area contributed by atoms with Gasteiger partial charge in [0.2, 0.25) is 11.8 Å². The van der Waals surface area contributed by atoms with Crippen LogP contribution in [0.3, 0.4) is 0 Å². The van der Waals surface area contributed by atoms with Crippen molar-refractivity contribution in [2.75, 3.05) is 26.2 Å². The van der Waals surface area contributed by atoms with Crippen LogP contribution in [0.5, 0.6) is 5.75 Å². The zero-order valence-electron chi connectivity index (χ0n) is 13.5. The molecule has 0 atom stereocenters. The van der Waals surface area contributed by atoms with Crippen molar-refractivity contribution in [1.29, 1.82) is 0 Å². The van der Waals surface area contributed by atoms with E-state index in [-0.39, 0.29) is 11.8 Å². The third-order valence-corrected chi connectivity index (χ3v) is 4.33. The molecular weight excluding hydrogens is 351 g/mol. The lowest BCUT2D eigenvalue weighted by molar-refractivity contribution is -0.127. The molecule has 7 heteroatoms. The molecular formula is C17H22Cl2N2O3. The zero-order valence-corrected chi connectivity index (χ0v) is 15.0. The molecule has 0 unspecified atom stereocenters. The summed E-state index contributed by atoms with van der Waals surface area (Å²) in [4.78, 5) is 25.0. The fourth-order valence-electron chi connectivity index (χ4n) is 2.53. The minimum atomic E-state index is -0.00597. The van der Waals surface area contributed by atoms with Gasteiger partial charge >= 0.3 is 0 Å². The van der Waals surface area contributed by atoms with Gasteiger partial charge in [-0.2, -0.15) is 0 Å². The number of halogens is 2. The summed E-state index contributed by atoms with van der Waals surface area (Å²) in [6, 6.07) is 5.04. The Morgan fingerprint density at radius 2 is 2.12 bits per heavy atom. The second kappa shape index (κ2) is 9.74. The molecule has 1 aromatic rings. The summed E-state index contributed by atoms with van der Waals surface area (Å²) in [5.74, 6) is 0.782. The number of benzene rings is 1. The second-order valence-electron chi connectivity index (χ2n) is 5.71. The highest BCUT2D eigenvalue weighted by molar-refractivity contribution is 6.35. The molecule has 2 rings (SSSR count). The van der Waals surface area contributed by atoms with Crippen molar-refractivity contribution in [3.05, 3.63) is 28.2 Å². The molecule has 5 nitrogen and oxygen atoms in total. The van der Waals surface area contributed by atoms with Crippen LogP contribution in [-0.2, 0) is 9.59 Å². The monoisotopic (exact) mass is 372 g/mol. The van der Waals surface area contributed by atoms with Crippen molar-refractivity contribution >= 4 is 35.0 Å². The number of nitrogens with one attached hydrogen (secondary N) is 1. The largest absolute Gasteiger partial charge is 0.492 e. The number of ether oxygens (including phenoxy) is 1. The first-order chi connectivity index (χ1) is 11.6. The van der Waals surface area contributed by atoms with Crippen molar-refractivity contribution < 1.29 is 14.3 Å². The van der Waals surface area contributed by atoms with E-state index in [1.54, 1.807) is 18.2 Å². The molecule has 1 aromatic carbocycles. The van der Waals surface area contributed by atoms with E-state index in [4.69, 9.17) is 27.9 Å². The lowest BCUT2D eigenvalue weighted by Gasteiger charge is -2.15. The van der Waals surface area contributed by atoms with Crippen LogP contribution in [0.1, 0.15) is 32.1 Å². The molecule has 24 heavy (non-hydrogen) atoms. The van der Waals surface area contributed by atoms with E-state index in [0.29, 0.717) is 48.2 Å². The highest BCUT2D eigenvalue weighted by Crippen LogP contribution is 2.27. The van der Waals surface area contributed by atoms with Crippen molar-refractivity contribution in [2.45, 2.75) is 32.1 Å². The first-order valence-corrected chi connectivity index (χ1v) is 8.94. The summed E-state index contributed by atoms with van der Waals surface area (Å²) >= 11 is 11.8. The molecule has 1 aliphatic heterocycles. The molecule has 132 valence electrons. The lowest BCUT2D eigenvalue weighted by Crippen LogP contribution is -2.30. The number of nitrogens with zero attached hydrogens (tertiary/aromatic N) is 1. The molecule has 0 aliphatic carbocycles. The Morgan fingerprint density at radius 1 is 1.29 bits per heavy atom. The first kappa shape index (κ1) is 18.9. The van der Waals surface area contributed by atoms with Crippen LogP contribution in [0.2, 0.25) is 10.0 Å². The summed E-state index contributed by atoms with van der Waals surface area (Å²) in [5, 5.41) is 3.88. The van der Waals surface area contributed by atoms with E-state index >= 15 is 0 Å². The number of rotatable bonds is 9. The Hall–Kier alpha value is -1.46. The van der Waals surface area contributed by atoms with E-state index in [0.717, 1.165) is 25.9 Å². The zero-order chi connectivity index (χ0) is 17.4. The van der Waals surface area contributed by atoms with Crippen LogP contribution >= 0.6 is 23.2 Å². The van der Waals surface area contributed by atoms with E-state index in [1.165, 1.54) is 0 Å². The van der Waals surface area contributed by atoms with Gasteiger partial charge in [-0.15, -0.1) is 0 Å². The van der Waals surface area contributed by atoms with Gasteiger partial charge in [0.1, 0.15) is 5.75 Å². The minimum Gasteiger partial charge on any atom is -0.492 e. The maximum Gasteiger partial charge on any atom is 0.222 e. The van der Waals surface area contributed by atoms with Gasteiger partial charge in [0.25, 0.3) is 0 Å². The standard InChI is InChI=1S/C17H22Cl2N2O3/c18-13-6-7-15(14(19)12-13)24-11-2-4-16(22)20-8-3-10-21-9-1-5-17(21)23/h6-7,12H,1-5,8-11H2,(H,20,22). The number of carbonyl (C=O) groups excluding carboxylic acids is 2. The van der Waals surface area contributed by atoms with E-state index < -0.39 is 0 Å². The lowest BCUT2D eigenvalue weighted by atomic mass is 10.3. The summed E-state index contributed by atoms with van der Waals surface area (Å²) in [5.41, 5.74) is 0. The van der Waals surface area contributed by atoms with Crippen LogP contribution in [0.4, 0.5) is 0 Å². The Kier molecular flexibility index (Phi) is 7.66. The fourth-order valence-corrected chi connectivity index (χ4v) is 3.00. The first-order valence-electron chi connectivity index (χ1n) is 8.18. The fraction of sp³-hybridized carbons (Fsp3) is 0.529. The highest BCUT2D eigenvalue weighted by atomic mass is 35.5. The van der Waals surface area contributed by atoms with Crippen molar-refractivity contribution in [3.63, 3.8) is 0 Å². The molecule has 0 saturated carbocycles. The highest BCUT2D eigenvalue weighted by Gasteiger charge is 2.18. The Morgan fingerprint density at radius 3 is 2.83 bits per heavy atom. The summed E-state index contributed by atoms with van der Waals surface area (Å²) < 4.78 is 5.53. The Balaban J connectivity index is 1.52. The average Bonchev–Trinajstić information content (AvgIpc) is 2.95. The third kappa shape index (κ3) is 6.21. The van der Waals surface area contributed by atoms with Gasteiger partial charge in [0.15, 0.2) is 0 Å². The topological polar surface area (TPSA) is 58.6 Å². The predicted octanol–water partition coefficient (Wildman–Crippen LogP) is 3.28. The number of hydrogen-bond donors (Lipinski definition) is 1. The molecule has 1 N–H and O–H groups in total. The summed E-state index contributed by atoms with van der Waals surface area (Å²) in [6.07, 6.45) is 3.39. The predicted molar refractivity (Wildman–Crippen MR) is 94.6 cm³/mol. The van der Waals surface area contributed by atoms with Crippen molar-refractivity contribution in [2.24, 2.45) is 0 Å². The Labute approximate surface area is 152 Å². The smallest absolute Gasteiger partial charge is 0.222 e.